The molecule has 49 heavy (non-hydrogen) atoms. The molecule has 272 valence electrons. The molecule has 3 aromatic rings. The summed E-state index contributed by atoms with van der Waals surface area (Å²) in [6.07, 6.45) is 33.1. The Bertz CT molecular complexity index is 1310. The highest BCUT2D eigenvalue weighted by Crippen LogP contribution is 2.56. The topological polar surface area (TPSA) is 3.24 Å². The summed E-state index contributed by atoms with van der Waals surface area (Å²) in [6.45, 7) is 10.3. The second-order valence-electron chi connectivity index (χ2n) is 15.6. The predicted molar refractivity (Wildman–Crippen MR) is 222 cm³/mol. The Labute approximate surface area is 307 Å². The molecule has 2 aromatic carbocycles. The molecule has 0 fully saturated rings. The number of anilines is 1. The Balaban J connectivity index is 1.55. The molecule has 1 heterocycles. The van der Waals surface area contributed by atoms with Crippen LogP contribution in [0.5, 0.6) is 0 Å². The zero-order chi connectivity index (χ0) is 34.7. The quantitative estimate of drug-likeness (QED) is 0.0723. The van der Waals surface area contributed by atoms with E-state index in [1.165, 1.54) is 186 Å². The second kappa shape index (κ2) is 22.0. The molecule has 0 radical (unpaired) electrons. The Morgan fingerprint density at radius 3 is 1.47 bits per heavy atom. The summed E-state index contributed by atoms with van der Waals surface area (Å²) in [5.41, 5.74) is 9.23. The molecule has 1 aromatic heterocycles. The molecular formula is C47H73NS. The second-order valence-corrected chi connectivity index (χ2v) is 16.9. The number of nitrogens with zero attached hydrogens (tertiary/aromatic N) is 1. The number of benzene rings is 2. The summed E-state index contributed by atoms with van der Waals surface area (Å²) in [4.78, 5) is 5.34. The van der Waals surface area contributed by atoms with E-state index in [1.807, 2.05) is 11.3 Å². The lowest BCUT2D eigenvalue weighted by Gasteiger charge is -2.34. The van der Waals surface area contributed by atoms with Gasteiger partial charge in [-0.25, -0.2) is 0 Å². The van der Waals surface area contributed by atoms with E-state index < -0.39 is 0 Å². The van der Waals surface area contributed by atoms with Gasteiger partial charge >= 0.3 is 0 Å². The van der Waals surface area contributed by atoms with Gasteiger partial charge in [0.2, 0.25) is 0 Å². The molecular weight excluding hydrogens is 611 g/mol. The normalized spacial score (nSPS) is 13.2. The maximum absolute atomic E-state index is 2.63. The van der Waals surface area contributed by atoms with Gasteiger partial charge in [0.15, 0.2) is 0 Å². The van der Waals surface area contributed by atoms with Crippen LogP contribution in [0.15, 0.2) is 48.5 Å². The van der Waals surface area contributed by atoms with Crippen LogP contribution in [0.2, 0.25) is 0 Å². The van der Waals surface area contributed by atoms with Crippen LogP contribution in [0.4, 0.5) is 5.69 Å². The molecule has 0 atom stereocenters. The van der Waals surface area contributed by atoms with Crippen molar-refractivity contribution < 1.29 is 0 Å². The van der Waals surface area contributed by atoms with Crippen molar-refractivity contribution in [1.29, 1.82) is 0 Å². The van der Waals surface area contributed by atoms with Crippen molar-refractivity contribution in [1.82, 2.24) is 0 Å². The third-order valence-electron chi connectivity index (χ3n) is 11.6. The molecule has 0 spiro atoms. The van der Waals surface area contributed by atoms with Crippen LogP contribution in [0.3, 0.4) is 0 Å². The fraction of sp³-hybridized carbons (Fsp3) is 0.660. The molecule has 0 saturated heterocycles. The van der Waals surface area contributed by atoms with Crippen molar-refractivity contribution >= 4 is 17.0 Å². The monoisotopic (exact) mass is 684 g/mol. The van der Waals surface area contributed by atoms with Crippen LogP contribution in [-0.4, -0.2) is 13.6 Å². The summed E-state index contributed by atoms with van der Waals surface area (Å²) < 4.78 is 0. The maximum atomic E-state index is 2.63. The average Bonchev–Trinajstić information content (AvgIpc) is 3.67. The van der Waals surface area contributed by atoms with E-state index in [9.17, 15) is 0 Å². The Kier molecular flexibility index (Phi) is 17.8. The van der Waals surface area contributed by atoms with Crippen LogP contribution >= 0.6 is 11.3 Å². The van der Waals surface area contributed by atoms with Crippen molar-refractivity contribution in [2.24, 2.45) is 0 Å². The van der Waals surface area contributed by atoms with Gasteiger partial charge < -0.3 is 4.90 Å². The van der Waals surface area contributed by atoms with Crippen molar-refractivity contribution in [2.45, 2.75) is 187 Å². The van der Waals surface area contributed by atoms with Gasteiger partial charge in [0, 0.05) is 34.4 Å². The first kappa shape index (κ1) is 39.7. The largest absolute Gasteiger partial charge is 0.375 e. The van der Waals surface area contributed by atoms with E-state index in [0.717, 1.165) is 6.54 Å². The van der Waals surface area contributed by atoms with E-state index >= 15 is 0 Å². The van der Waals surface area contributed by atoms with Gasteiger partial charge in [-0.1, -0.05) is 174 Å². The molecule has 0 aliphatic heterocycles. The Morgan fingerprint density at radius 2 is 0.980 bits per heavy atom. The zero-order valence-corrected chi connectivity index (χ0v) is 33.5. The predicted octanol–water partition coefficient (Wildman–Crippen LogP) is 15.8. The minimum Gasteiger partial charge on any atom is -0.375 e. The number of hydrogen-bond acceptors (Lipinski definition) is 2. The van der Waals surface area contributed by atoms with Gasteiger partial charge in [0.05, 0.1) is 0 Å². The first-order valence-corrected chi connectivity index (χ1v) is 21.9. The molecule has 0 unspecified atom stereocenters. The van der Waals surface area contributed by atoms with E-state index in [1.54, 1.807) is 11.1 Å². The zero-order valence-electron chi connectivity index (χ0n) is 32.7. The average molecular weight is 684 g/mol. The molecule has 0 amide bonds. The van der Waals surface area contributed by atoms with Crippen molar-refractivity contribution in [3.05, 3.63) is 64.5 Å². The van der Waals surface area contributed by atoms with Gasteiger partial charge in [-0.2, -0.15) is 0 Å². The Morgan fingerprint density at radius 1 is 0.510 bits per heavy atom. The van der Waals surface area contributed by atoms with E-state index in [4.69, 9.17) is 0 Å². The van der Waals surface area contributed by atoms with Gasteiger partial charge in [-0.15, -0.1) is 11.3 Å². The van der Waals surface area contributed by atoms with Crippen molar-refractivity contribution in [2.75, 3.05) is 18.5 Å². The number of rotatable bonds is 27. The molecule has 1 nitrogen and oxygen atoms in total. The lowest BCUT2D eigenvalue weighted by Crippen LogP contribution is -2.26. The van der Waals surface area contributed by atoms with Gasteiger partial charge in [-0.05, 0) is 84.3 Å². The van der Waals surface area contributed by atoms with Crippen LogP contribution in [0, 0.1) is 6.92 Å². The molecule has 0 bridgehead atoms. The first-order chi connectivity index (χ1) is 24.0. The van der Waals surface area contributed by atoms with Crippen LogP contribution in [-0.2, 0) is 5.41 Å². The standard InChI is InChI=1S/C47H73NS/c1-6-9-12-14-16-18-20-22-24-26-34-47(35-27-25-23-21-19-17-15-13-10-7-2)44-37-40(46-33-28-39(4)49-46)29-31-42(44)43-32-30-41(38-45(43)47)48(5)36-11-8-3/h28-33,37-38H,6-27,34-36H2,1-5H3. The lowest BCUT2D eigenvalue weighted by molar-refractivity contribution is 0.397. The van der Waals surface area contributed by atoms with Gasteiger partial charge in [-0.3, -0.25) is 0 Å². The summed E-state index contributed by atoms with van der Waals surface area (Å²) in [7, 11) is 2.31. The van der Waals surface area contributed by atoms with Gasteiger partial charge in [0.25, 0.3) is 0 Å². The third-order valence-corrected chi connectivity index (χ3v) is 12.6. The van der Waals surface area contributed by atoms with Gasteiger partial charge in [0.1, 0.15) is 0 Å². The highest BCUT2D eigenvalue weighted by molar-refractivity contribution is 7.15. The molecule has 2 heteroatoms. The molecule has 4 rings (SSSR count). The van der Waals surface area contributed by atoms with Crippen LogP contribution in [0.25, 0.3) is 21.6 Å². The fourth-order valence-corrected chi connectivity index (χ4v) is 9.34. The van der Waals surface area contributed by atoms with E-state index in [0.29, 0.717) is 0 Å². The first-order valence-electron chi connectivity index (χ1n) is 21.1. The number of aryl methyl sites for hydroxylation is 1. The molecule has 1 aliphatic carbocycles. The SMILES string of the molecule is CCCCCCCCCCCCC1(CCCCCCCCCCCC)c2cc(-c3ccc(C)s3)ccc2-c2ccc(N(C)CCCC)cc21. The van der Waals surface area contributed by atoms with Crippen LogP contribution < -0.4 is 4.90 Å². The minimum atomic E-state index is 0.120. The smallest absolute Gasteiger partial charge is 0.0367 e. The lowest BCUT2D eigenvalue weighted by atomic mass is 9.70. The van der Waals surface area contributed by atoms with Crippen molar-refractivity contribution in [3.63, 3.8) is 0 Å². The number of fused-ring (bicyclic) bond motifs is 3. The number of hydrogen-bond donors (Lipinski definition) is 0. The summed E-state index contributed by atoms with van der Waals surface area (Å²) >= 11 is 1.95. The van der Waals surface area contributed by atoms with Crippen molar-refractivity contribution in [3.8, 4) is 21.6 Å². The van der Waals surface area contributed by atoms with E-state index in [-0.39, 0.29) is 5.41 Å². The maximum Gasteiger partial charge on any atom is 0.0367 e. The molecule has 1 aliphatic rings. The Hall–Kier alpha value is -2.06. The highest BCUT2D eigenvalue weighted by Gasteiger charge is 2.42. The number of unbranched alkanes of at least 4 members (excludes halogenated alkanes) is 19. The fourth-order valence-electron chi connectivity index (χ4n) is 8.48. The number of thiophene rings is 1. The third kappa shape index (κ3) is 11.7. The van der Waals surface area contributed by atoms with E-state index in [2.05, 4.69) is 88.2 Å². The summed E-state index contributed by atoms with van der Waals surface area (Å²) in [6, 6.07) is 19.7. The minimum absolute atomic E-state index is 0.120. The summed E-state index contributed by atoms with van der Waals surface area (Å²) in [5, 5.41) is 0. The molecule has 0 N–H and O–H groups in total. The van der Waals surface area contributed by atoms with Crippen LogP contribution in [0.1, 0.15) is 191 Å². The highest BCUT2D eigenvalue weighted by atomic mass is 32.1. The molecule has 0 saturated carbocycles. The summed E-state index contributed by atoms with van der Waals surface area (Å²) in [5.74, 6) is 0.